The van der Waals surface area contributed by atoms with Gasteiger partial charge in [0.25, 0.3) is 0 Å². The van der Waals surface area contributed by atoms with Crippen LogP contribution in [0.3, 0.4) is 0 Å². The van der Waals surface area contributed by atoms with Crippen LogP contribution in [0.4, 0.5) is 5.69 Å². The number of anilines is 1. The zero-order valence-corrected chi connectivity index (χ0v) is 14.2. The van der Waals surface area contributed by atoms with Crippen LogP contribution in [0.25, 0.3) is 11.0 Å². The lowest BCUT2D eigenvalue weighted by Gasteiger charge is -2.11. The quantitative estimate of drug-likeness (QED) is 0.929. The molecule has 0 bridgehead atoms. The van der Waals surface area contributed by atoms with Crippen LogP contribution < -0.4 is 5.32 Å². The topological polar surface area (TPSA) is 76.4 Å². The second-order valence-electron chi connectivity index (χ2n) is 6.26. The Morgan fingerprint density at radius 1 is 1.26 bits per heavy atom. The highest BCUT2D eigenvalue weighted by atomic mass is 32.2. The molecule has 1 aromatic heterocycles. The smallest absolute Gasteiger partial charge is 0.239 e. The van der Waals surface area contributed by atoms with Gasteiger partial charge in [-0.25, -0.2) is 8.42 Å². The Hall–Kier alpha value is -1.82. The van der Waals surface area contributed by atoms with Crippen molar-refractivity contribution in [3.8, 4) is 0 Å². The average molecular weight is 335 g/mol. The summed E-state index contributed by atoms with van der Waals surface area (Å²) in [7, 11) is -3.36. The van der Waals surface area contributed by atoms with E-state index < -0.39 is 21.5 Å². The highest BCUT2D eigenvalue weighted by molar-refractivity contribution is 7.92. The lowest BCUT2D eigenvalue weighted by Crippen LogP contribution is -2.29. The predicted octanol–water partition coefficient (Wildman–Crippen LogP) is 3.35. The Morgan fingerprint density at radius 2 is 1.96 bits per heavy atom. The summed E-state index contributed by atoms with van der Waals surface area (Å²) in [6, 6.07) is 5.34. The van der Waals surface area contributed by atoms with Crippen molar-refractivity contribution in [3.63, 3.8) is 0 Å². The molecule has 1 N–H and O–H groups in total. The number of hydrogen-bond donors (Lipinski definition) is 1. The SMILES string of the molecule is Cc1oc2ccc(NC(=O)CS(=O)(=O)C3CCCC3)cc2c1C. The van der Waals surface area contributed by atoms with Crippen molar-refractivity contribution in [3.05, 3.63) is 29.5 Å². The lowest BCUT2D eigenvalue weighted by atomic mass is 10.1. The molecule has 1 amide bonds. The van der Waals surface area contributed by atoms with Gasteiger partial charge in [0.1, 0.15) is 17.1 Å². The summed E-state index contributed by atoms with van der Waals surface area (Å²) >= 11 is 0. The van der Waals surface area contributed by atoms with Crippen LogP contribution in [-0.4, -0.2) is 25.3 Å². The van der Waals surface area contributed by atoms with Gasteiger partial charge in [0.15, 0.2) is 9.84 Å². The number of fused-ring (bicyclic) bond motifs is 1. The number of carbonyl (C=O) groups excluding carboxylic acids is 1. The van der Waals surface area contributed by atoms with Crippen molar-refractivity contribution in [2.45, 2.75) is 44.8 Å². The van der Waals surface area contributed by atoms with Crippen LogP contribution in [0.2, 0.25) is 0 Å². The second kappa shape index (κ2) is 6.00. The molecular weight excluding hydrogens is 314 g/mol. The fourth-order valence-corrected chi connectivity index (χ4v) is 4.89. The molecule has 6 heteroatoms. The van der Waals surface area contributed by atoms with E-state index in [-0.39, 0.29) is 5.25 Å². The van der Waals surface area contributed by atoms with Gasteiger partial charge in [-0.2, -0.15) is 0 Å². The standard InChI is InChI=1S/C17H21NO4S/c1-11-12(2)22-16-8-7-13(9-15(11)16)18-17(19)10-23(20,21)14-5-3-4-6-14/h7-9,14H,3-6,10H2,1-2H3,(H,18,19). The maximum absolute atomic E-state index is 12.2. The molecule has 1 fully saturated rings. The predicted molar refractivity (Wildman–Crippen MR) is 90.4 cm³/mol. The number of hydrogen-bond acceptors (Lipinski definition) is 4. The van der Waals surface area contributed by atoms with Gasteiger partial charge in [-0.15, -0.1) is 0 Å². The van der Waals surface area contributed by atoms with Crippen LogP contribution in [0, 0.1) is 13.8 Å². The Labute approximate surface area is 136 Å². The Morgan fingerprint density at radius 3 is 2.65 bits per heavy atom. The highest BCUT2D eigenvalue weighted by Crippen LogP contribution is 2.28. The molecule has 0 radical (unpaired) electrons. The van der Waals surface area contributed by atoms with Crippen molar-refractivity contribution >= 4 is 32.4 Å². The van der Waals surface area contributed by atoms with E-state index in [0.29, 0.717) is 18.5 Å². The third-order valence-corrected chi connectivity index (χ3v) is 6.75. The minimum atomic E-state index is -3.36. The maximum atomic E-state index is 12.2. The number of carbonyl (C=O) groups is 1. The zero-order valence-electron chi connectivity index (χ0n) is 13.4. The molecule has 0 atom stereocenters. The van der Waals surface area contributed by atoms with Crippen LogP contribution in [0.5, 0.6) is 0 Å². The van der Waals surface area contributed by atoms with Gasteiger partial charge in [0.2, 0.25) is 5.91 Å². The maximum Gasteiger partial charge on any atom is 0.239 e. The lowest BCUT2D eigenvalue weighted by molar-refractivity contribution is -0.113. The summed E-state index contributed by atoms with van der Waals surface area (Å²) < 4.78 is 30.1. The minimum Gasteiger partial charge on any atom is -0.461 e. The monoisotopic (exact) mass is 335 g/mol. The largest absolute Gasteiger partial charge is 0.461 e. The van der Waals surface area contributed by atoms with E-state index in [2.05, 4.69) is 5.32 Å². The first-order valence-electron chi connectivity index (χ1n) is 7.88. The molecule has 1 aromatic carbocycles. The summed E-state index contributed by atoms with van der Waals surface area (Å²) in [5.41, 5.74) is 2.37. The van der Waals surface area contributed by atoms with Crippen LogP contribution >= 0.6 is 0 Å². The minimum absolute atomic E-state index is 0.352. The number of benzene rings is 1. The molecule has 5 nitrogen and oxygen atoms in total. The van der Waals surface area contributed by atoms with Gasteiger partial charge in [-0.3, -0.25) is 4.79 Å². The van der Waals surface area contributed by atoms with Crippen LogP contribution in [0.1, 0.15) is 37.0 Å². The Kier molecular flexibility index (Phi) is 4.19. The third kappa shape index (κ3) is 3.27. The third-order valence-electron chi connectivity index (χ3n) is 4.60. The molecule has 0 spiro atoms. The molecule has 0 unspecified atom stereocenters. The summed E-state index contributed by atoms with van der Waals surface area (Å²) in [5, 5.41) is 3.27. The number of nitrogens with one attached hydrogen (secondary N) is 1. The zero-order chi connectivity index (χ0) is 16.6. The number of sulfone groups is 1. The Balaban J connectivity index is 1.73. The Bertz CT molecular complexity index is 845. The molecule has 1 heterocycles. The summed E-state index contributed by atoms with van der Waals surface area (Å²) in [4.78, 5) is 12.1. The molecule has 1 aliphatic carbocycles. The summed E-state index contributed by atoms with van der Waals surface area (Å²) in [5.74, 6) is -0.0829. The van der Waals surface area contributed by atoms with E-state index in [9.17, 15) is 13.2 Å². The normalized spacial score (nSPS) is 16.1. The molecule has 1 saturated carbocycles. The molecule has 0 saturated heterocycles. The average Bonchev–Trinajstić information content (AvgIpc) is 3.10. The number of aryl methyl sites for hydroxylation is 2. The van der Waals surface area contributed by atoms with E-state index in [1.54, 1.807) is 12.1 Å². The molecule has 1 aliphatic rings. The van der Waals surface area contributed by atoms with Crippen molar-refractivity contribution < 1.29 is 17.6 Å². The summed E-state index contributed by atoms with van der Waals surface area (Å²) in [6.07, 6.45) is 3.22. The fraction of sp³-hybridized carbons (Fsp3) is 0.471. The van der Waals surface area contributed by atoms with Gasteiger partial charge >= 0.3 is 0 Å². The van der Waals surface area contributed by atoms with E-state index in [0.717, 1.165) is 35.1 Å². The van der Waals surface area contributed by atoms with Crippen molar-refractivity contribution in [2.75, 3.05) is 11.1 Å². The first-order chi connectivity index (χ1) is 10.9. The first kappa shape index (κ1) is 16.1. The molecule has 124 valence electrons. The van der Waals surface area contributed by atoms with Gasteiger partial charge in [0.05, 0.1) is 5.25 Å². The summed E-state index contributed by atoms with van der Waals surface area (Å²) in [6.45, 7) is 3.85. The van der Waals surface area contributed by atoms with E-state index in [4.69, 9.17) is 4.42 Å². The van der Waals surface area contributed by atoms with Crippen molar-refractivity contribution in [1.82, 2.24) is 0 Å². The highest BCUT2D eigenvalue weighted by Gasteiger charge is 2.30. The molecular formula is C17H21NO4S. The van der Waals surface area contributed by atoms with Crippen LogP contribution in [-0.2, 0) is 14.6 Å². The first-order valence-corrected chi connectivity index (χ1v) is 9.59. The van der Waals surface area contributed by atoms with Gasteiger partial charge in [-0.05, 0) is 50.5 Å². The van der Waals surface area contributed by atoms with Crippen molar-refractivity contribution in [1.29, 1.82) is 0 Å². The number of amides is 1. The van der Waals surface area contributed by atoms with Gasteiger partial charge in [-0.1, -0.05) is 12.8 Å². The molecule has 3 rings (SSSR count). The molecule has 0 aliphatic heterocycles. The van der Waals surface area contributed by atoms with Crippen LogP contribution in [0.15, 0.2) is 22.6 Å². The second-order valence-corrected chi connectivity index (χ2v) is 8.54. The molecule has 23 heavy (non-hydrogen) atoms. The van der Waals surface area contributed by atoms with Gasteiger partial charge in [0, 0.05) is 11.1 Å². The van der Waals surface area contributed by atoms with E-state index in [1.165, 1.54) is 0 Å². The van der Waals surface area contributed by atoms with E-state index >= 15 is 0 Å². The van der Waals surface area contributed by atoms with E-state index in [1.807, 2.05) is 19.9 Å². The molecule has 2 aromatic rings. The van der Waals surface area contributed by atoms with Gasteiger partial charge < -0.3 is 9.73 Å². The number of furan rings is 1. The fourth-order valence-electron chi connectivity index (χ4n) is 3.17. The number of rotatable bonds is 4. The van der Waals surface area contributed by atoms with Crippen molar-refractivity contribution in [2.24, 2.45) is 0 Å².